The highest BCUT2D eigenvalue weighted by atomic mass is 35.5. The number of para-hydroxylation sites is 1. The van der Waals surface area contributed by atoms with Gasteiger partial charge in [-0.2, -0.15) is 0 Å². The molecule has 1 aromatic carbocycles. The summed E-state index contributed by atoms with van der Waals surface area (Å²) in [6.07, 6.45) is 4.76. The Balaban J connectivity index is 2.29. The maximum absolute atomic E-state index is 10.7. The molecule has 3 heteroatoms. The van der Waals surface area contributed by atoms with Gasteiger partial charge >= 0.3 is 0 Å². The normalized spacial score (nSPS) is 25.3. The van der Waals surface area contributed by atoms with Gasteiger partial charge in [-0.15, -0.1) is 11.6 Å². The van der Waals surface area contributed by atoms with Crippen LogP contribution in [0.15, 0.2) is 18.2 Å². The lowest BCUT2D eigenvalue weighted by Crippen LogP contribution is -2.14. The van der Waals surface area contributed by atoms with Crippen molar-refractivity contribution in [1.29, 1.82) is 0 Å². The summed E-state index contributed by atoms with van der Waals surface area (Å²) < 4.78 is 0. The molecule has 0 aromatic heterocycles. The second-order valence-electron chi connectivity index (χ2n) is 4.36. The van der Waals surface area contributed by atoms with E-state index in [1.54, 1.807) is 6.07 Å². The largest absolute Gasteiger partial charge is 0.507 e. The number of aldehydes is 1. The molecule has 2 unspecified atom stereocenters. The monoisotopic (exact) mass is 238 g/mol. The molecule has 2 rings (SSSR count). The number of benzene rings is 1. The Kier molecular flexibility index (Phi) is 3.49. The molecule has 2 nitrogen and oxygen atoms in total. The molecule has 0 aliphatic heterocycles. The summed E-state index contributed by atoms with van der Waals surface area (Å²) in [6.45, 7) is 0. The molecule has 1 saturated carbocycles. The number of phenols is 1. The number of carbonyl (C=O) groups is 1. The van der Waals surface area contributed by atoms with E-state index >= 15 is 0 Å². The molecule has 0 heterocycles. The van der Waals surface area contributed by atoms with Crippen molar-refractivity contribution in [2.45, 2.75) is 37.0 Å². The molecule has 1 aromatic rings. The number of rotatable bonds is 2. The van der Waals surface area contributed by atoms with Crippen LogP contribution in [0.3, 0.4) is 0 Å². The molecule has 2 atom stereocenters. The Morgan fingerprint density at radius 2 is 2.19 bits per heavy atom. The lowest BCUT2D eigenvalue weighted by Gasteiger charge is -2.26. The van der Waals surface area contributed by atoms with Crippen LogP contribution in [0.25, 0.3) is 0 Å². The molecule has 0 spiro atoms. The minimum Gasteiger partial charge on any atom is -0.507 e. The van der Waals surface area contributed by atoms with Gasteiger partial charge in [0.15, 0.2) is 6.29 Å². The van der Waals surface area contributed by atoms with E-state index in [1.165, 1.54) is 0 Å². The summed E-state index contributed by atoms with van der Waals surface area (Å²) in [5, 5.41) is 10.1. The van der Waals surface area contributed by atoms with Gasteiger partial charge in [0.05, 0.1) is 5.56 Å². The van der Waals surface area contributed by atoms with Gasteiger partial charge in [0.25, 0.3) is 0 Å². The molecule has 1 aliphatic carbocycles. The SMILES string of the molecule is O=Cc1cccc(C2CCCC(Cl)C2)c1O. The van der Waals surface area contributed by atoms with Crippen molar-refractivity contribution in [2.75, 3.05) is 0 Å². The zero-order valence-corrected chi connectivity index (χ0v) is 9.78. The first-order valence-electron chi connectivity index (χ1n) is 5.63. The third-order valence-corrected chi connectivity index (χ3v) is 3.67. The second-order valence-corrected chi connectivity index (χ2v) is 4.98. The first-order valence-corrected chi connectivity index (χ1v) is 6.07. The van der Waals surface area contributed by atoms with Crippen LogP contribution in [-0.4, -0.2) is 16.8 Å². The van der Waals surface area contributed by atoms with Crippen LogP contribution in [0.4, 0.5) is 0 Å². The summed E-state index contributed by atoms with van der Waals surface area (Å²) in [5.74, 6) is 0.421. The Labute approximate surface area is 100 Å². The number of hydrogen-bond donors (Lipinski definition) is 1. The van der Waals surface area contributed by atoms with Crippen molar-refractivity contribution in [2.24, 2.45) is 0 Å². The van der Waals surface area contributed by atoms with E-state index in [2.05, 4.69) is 0 Å². The molecule has 86 valence electrons. The van der Waals surface area contributed by atoms with Gasteiger partial charge in [-0.25, -0.2) is 0 Å². The second kappa shape index (κ2) is 4.88. The van der Waals surface area contributed by atoms with Crippen molar-refractivity contribution in [3.63, 3.8) is 0 Å². The summed E-state index contributed by atoms with van der Waals surface area (Å²) in [7, 11) is 0. The molecule has 1 aliphatic rings. The molecule has 1 N–H and O–H groups in total. The van der Waals surface area contributed by atoms with Gasteiger partial charge in [0.2, 0.25) is 0 Å². The molecule has 0 radical (unpaired) electrons. The smallest absolute Gasteiger partial charge is 0.153 e. The van der Waals surface area contributed by atoms with Gasteiger partial charge in [-0.1, -0.05) is 18.6 Å². The Bertz CT molecular complexity index is 390. The number of alkyl halides is 1. The maximum atomic E-state index is 10.7. The topological polar surface area (TPSA) is 37.3 Å². The van der Waals surface area contributed by atoms with Crippen LogP contribution < -0.4 is 0 Å². The predicted octanol–water partition coefficient (Wildman–Crippen LogP) is 3.47. The average molecular weight is 239 g/mol. The van der Waals surface area contributed by atoms with E-state index in [1.807, 2.05) is 12.1 Å². The minimum atomic E-state index is 0.133. The third kappa shape index (κ3) is 2.22. The van der Waals surface area contributed by atoms with Gasteiger partial charge in [0.1, 0.15) is 5.75 Å². The predicted molar refractivity (Wildman–Crippen MR) is 64.3 cm³/mol. The van der Waals surface area contributed by atoms with Crippen LogP contribution in [-0.2, 0) is 0 Å². The van der Waals surface area contributed by atoms with Crippen molar-refractivity contribution in [3.05, 3.63) is 29.3 Å². The zero-order chi connectivity index (χ0) is 11.5. The molecule has 0 amide bonds. The first-order chi connectivity index (χ1) is 7.72. The van der Waals surface area contributed by atoms with Gasteiger partial charge in [0, 0.05) is 5.38 Å². The highest BCUT2D eigenvalue weighted by molar-refractivity contribution is 6.20. The summed E-state index contributed by atoms with van der Waals surface area (Å²) >= 11 is 6.14. The maximum Gasteiger partial charge on any atom is 0.153 e. The number of halogens is 1. The summed E-state index contributed by atoms with van der Waals surface area (Å²) in [4.78, 5) is 10.7. The number of carbonyl (C=O) groups excluding carboxylic acids is 1. The molecular weight excluding hydrogens is 224 g/mol. The highest BCUT2D eigenvalue weighted by Crippen LogP contribution is 2.39. The fourth-order valence-corrected chi connectivity index (χ4v) is 2.79. The standard InChI is InChI=1S/C13H15ClO2/c14-11-5-1-3-9(7-11)12-6-2-4-10(8-15)13(12)16/h2,4,6,8-9,11,16H,1,3,5,7H2. The number of hydrogen-bond acceptors (Lipinski definition) is 2. The van der Waals surface area contributed by atoms with Crippen molar-refractivity contribution < 1.29 is 9.90 Å². The van der Waals surface area contributed by atoms with Gasteiger partial charge in [-0.05, 0) is 36.8 Å². The fourth-order valence-electron chi connectivity index (χ4n) is 2.42. The van der Waals surface area contributed by atoms with Crippen LogP contribution in [0.5, 0.6) is 5.75 Å². The number of aromatic hydroxyl groups is 1. The fraction of sp³-hybridized carbons (Fsp3) is 0.462. The number of phenolic OH excluding ortho intramolecular Hbond substituents is 1. The zero-order valence-electron chi connectivity index (χ0n) is 9.03. The molecule has 16 heavy (non-hydrogen) atoms. The van der Waals surface area contributed by atoms with E-state index in [0.29, 0.717) is 11.8 Å². The van der Waals surface area contributed by atoms with Crippen LogP contribution in [0.1, 0.15) is 47.5 Å². The van der Waals surface area contributed by atoms with E-state index < -0.39 is 0 Å². The molecule has 1 fully saturated rings. The summed E-state index contributed by atoms with van der Waals surface area (Å²) in [6, 6.07) is 5.34. The third-order valence-electron chi connectivity index (χ3n) is 3.28. The van der Waals surface area contributed by atoms with Crippen LogP contribution in [0, 0.1) is 0 Å². The Hall–Kier alpha value is -1.02. The van der Waals surface area contributed by atoms with E-state index in [9.17, 15) is 9.90 Å². The molecular formula is C13H15ClO2. The molecule has 0 bridgehead atoms. The van der Waals surface area contributed by atoms with Crippen LogP contribution >= 0.6 is 11.6 Å². The van der Waals surface area contributed by atoms with E-state index in [4.69, 9.17) is 11.6 Å². The quantitative estimate of drug-likeness (QED) is 0.633. The minimum absolute atomic E-state index is 0.133. The lowest BCUT2D eigenvalue weighted by molar-refractivity contribution is 0.112. The highest BCUT2D eigenvalue weighted by Gasteiger charge is 2.24. The van der Waals surface area contributed by atoms with E-state index in [0.717, 1.165) is 31.2 Å². The van der Waals surface area contributed by atoms with Crippen molar-refractivity contribution in [1.82, 2.24) is 0 Å². The Morgan fingerprint density at radius 3 is 2.88 bits per heavy atom. The first kappa shape index (κ1) is 11.5. The molecule has 0 saturated heterocycles. The lowest BCUT2D eigenvalue weighted by atomic mass is 9.83. The van der Waals surface area contributed by atoms with E-state index in [-0.39, 0.29) is 17.0 Å². The summed E-state index contributed by atoms with van der Waals surface area (Å²) in [5.41, 5.74) is 1.24. The Morgan fingerprint density at radius 1 is 1.38 bits per heavy atom. The van der Waals surface area contributed by atoms with Crippen LogP contribution in [0.2, 0.25) is 0 Å². The van der Waals surface area contributed by atoms with Gasteiger partial charge < -0.3 is 5.11 Å². The van der Waals surface area contributed by atoms with Crippen molar-refractivity contribution in [3.8, 4) is 5.75 Å². The van der Waals surface area contributed by atoms with Gasteiger partial charge in [-0.3, -0.25) is 4.79 Å². The average Bonchev–Trinajstić information content (AvgIpc) is 2.29. The van der Waals surface area contributed by atoms with Crippen molar-refractivity contribution >= 4 is 17.9 Å².